The van der Waals surface area contributed by atoms with Crippen molar-refractivity contribution in [3.63, 3.8) is 0 Å². The molecule has 1 rings (SSSR count). The summed E-state index contributed by atoms with van der Waals surface area (Å²) in [7, 11) is 1.58. The second-order valence-corrected chi connectivity index (χ2v) is 3.38. The number of aromatic nitrogens is 1. The molecule has 0 unspecified atom stereocenters. The van der Waals surface area contributed by atoms with Crippen LogP contribution in [0.25, 0.3) is 0 Å². The van der Waals surface area contributed by atoms with Gasteiger partial charge in [-0.15, -0.1) is 0 Å². The van der Waals surface area contributed by atoms with Crippen LogP contribution in [0.4, 0.5) is 0 Å². The first-order chi connectivity index (χ1) is 7.77. The van der Waals surface area contributed by atoms with Crippen LogP contribution in [0.5, 0.6) is 0 Å². The largest absolute Gasteiger partial charge is 0.396 e. The Morgan fingerprint density at radius 2 is 2.31 bits per heavy atom. The molecule has 5 nitrogen and oxygen atoms in total. The molecule has 0 aliphatic carbocycles. The van der Waals surface area contributed by atoms with Crippen molar-refractivity contribution < 1.29 is 9.90 Å². The number of hydrogen-bond acceptors (Lipinski definition) is 4. The summed E-state index contributed by atoms with van der Waals surface area (Å²) in [6, 6.07) is 3.56. The highest BCUT2D eigenvalue weighted by Gasteiger charge is 2.03. The normalized spacial score (nSPS) is 10.1. The van der Waals surface area contributed by atoms with Crippen LogP contribution in [-0.2, 0) is 6.54 Å². The predicted molar refractivity (Wildman–Crippen MR) is 61.0 cm³/mol. The van der Waals surface area contributed by atoms with Gasteiger partial charge < -0.3 is 15.7 Å². The van der Waals surface area contributed by atoms with Crippen LogP contribution in [-0.4, -0.2) is 36.2 Å². The first-order valence-corrected chi connectivity index (χ1v) is 5.26. The van der Waals surface area contributed by atoms with Gasteiger partial charge in [-0.3, -0.25) is 9.78 Å². The van der Waals surface area contributed by atoms with E-state index in [1.54, 1.807) is 19.3 Å². The Balaban J connectivity index is 2.42. The summed E-state index contributed by atoms with van der Waals surface area (Å²) in [6.45, 7) is 1.66. The molecule has 0 aromatic carbocycles. The maximum absolute atomic E-state index is 11.2. The molecule has 88 valence electrons. The molecule has 16 heavy (non-hydrogen) atoms. The van der Waals surface area contributed by atoms with E-state index in [0.29, 0.717) is 12.2 Å². The topological polar surface area (TPSA) is 74.2 Å². The van der Waals surface area contributed by atoms with Gasteiger partial charge in [-0.1, -0.05) is 6.07 Å². The average Bonchev–Trinajstić information content (AvgIpc) is 2.34. The molecule has 1 aromatic heterocycles. The number of aliphatic hydroxyl groups is 1. The fraction of sp³-hybridized carbons (Fsp3) is 0.455. The Morgan fingerprint density at radius 3 is 2.88 bits per heavy atom. The van der Waals surface area contributed by atoms with E-state index in [0.717, 1.165) is 18.5 Å². The Labute approximate surface area is 94.9 Å². The van der Waals surface area contributed by atoms with Gasteiger partial charge in [-0.2, -0.15) is 0 Å². The fourth-order valence-electron chi connectivity index (χ4n) is 1.23. The molecule has 1 aromatic rings. The summed E-state index contributed by atoms with van der Waals surface area (Å²) < 4.78 is 0. The Bertz CT molecular complexity index is 325. The van der Waals surface area contributed by atoms with Gasteiger partial charge in [0.15, 0.2) is 0 Å². The van der Waals surface area contributed by atoms with Crippen molar-refractivity contribution in [2.24, 2.45) is 0 Å². The minimum atomic E-state index is -0.181. The molecular weight excluding hydrogens is 206 g/mol. The minimum absolute atomic E-state index is 0.181. The Hall–Kier alpha value is -1.46. The van der Waals surface area contributed by atoms with E-state index in [9.17, 15) is 4.79 Å². The third-order valence-electron chi connectivity index (χ3n) is 2.13. The summed E-state index contributed by atoms with van der Waals surface area (Å²) >= 11 is 0. The van der Waals surface area contributed by atoms with Gasteiger partial charge >= 0.3 is 0 Å². The van der Waals surface area contributed by atoms with Crippen LogP contribution in [0.1, 0.15) is 22.5 Å². The van der Waals surface area contributed by atoms with Crippen molar-refractivity contribution in [3.05, 3.63) is 29.6 Å². The van der Waals surface area contributed by atoms with Gasteiger partial charge in [0.05, 0.1) is 0 Å². The van der Waals surface area contributed by atoms with Crippen LogP contribution in [0.2, 0.25) is 0 Å². The van der Waals surface area contributed by atoms with Gasteiger partial charge in [0.25, 0.3) is 5.91 Å². The monoisotopic (exact) mass is 223 g/mol. The van der Waals surface area contributed by atoms with Crippen LogP contribution < -0.4 is 10.6 Å². The number of nitrogens with zero attached hydrogens (tertiary/aromatic N) is 1. The summed E-state index contributed by atoms with van der Waals surface area (Å²) in [5, 5.41) is 14.3. The van der Waals surface area contributed by atoms with E-state index in [1.165, 1.54) is 0 Å². The molecule has 0 spiro atoms. The molecule has 0 aliphatic heterocycles. The minimum Gasteiger partial charge on any atom is -0.396 e. The highest BCUT2D eigenvalue weighted by atomic mass is 16.3. The molecule has 1 amide bonds. The molecule has 0 fully saturated rings. The smallest absolute Gasteiger partial charge is 0.269 e. The zero-order valence-electron chi connectivity index (χ0n) is 9.36. The fourth-order valence-corrected chi connectivity index (χ4v) is 1.23. The molecule has 0 saturated carbocycles. The first kappa shape index (κ1) is 12.6. The second-order valence-electron chi connectivity index (χ2n) is 3.38. The summed E-state index contributed by atoms with van der Waals surface area (Å²) in [5.74, 6) is -0.181. The van der Waals surface area contributed by atoms with Gasteiger partial charge in [0, 0.05) is 26.4 Å². The van der Waals surface area contributed by atoms with Crippen molar-refractivity contribution in [1.82, 2.24) is 15.6 Å². The van der Waals surface area contributed by atoms with E-state index in [4.69, 9.17) is 5.11 Å². The van der Waals surface area contributed by atoms with Crippen molar-refractivity contribution in [2.75, 3.05) is 20.2 Å². The molecule has 0 bridgehead atoms. The van der Waals surface area contributed by atoms with Crippen LogP contribution in [0.15, 0.2) is 18.3 Å². The molecule has 1 heterocycles. The Kier molecular flexibility index (Phi) is 5.45. The number of aliphatic hydroxyl groups excluding tert-OH is 1. The number of carbonyl (C=O) groups is 1. The lowest BCUT2D eigenvalue weighted by Crippen LogP contribution is -2.20. The third kappa shape index (κ3) is 3.96. The molecule has 5 heteroatoms. The summed E-state index contributed by atoms with van der Waals surface area (Å²) in [6.07, 6.45) is 2.42. The van der Waals surface area contributed by atoms with Crippen molar-refractivity contribution in [1.29, 1.82) is 0 Å². The highest BCUT2D eigenvalue weighted by molar-refractivity contribution is 5.91. The van der Waals surface area contributed by atoms with Gasteiger partial charge in [0.2, 0.25) is 0 Å². The zero-order valence-corrected chi connectivity index (χ0v) is 9.36. The van der Waals surface area contributed by atoms with Crippen molar-refractivity contribution >= 4 is 5.91 Å². The van der Waals surface area contributed by atoms with E-state index >= 15 is 0 Å². The van der Waals surface area contributed by atoms with E-state index in [-0.39, 0.29) is 12.5 Å². The number of rotatable bonds is 6. The quantitative estimate of drug-likeness (QED) is 0.589. The number of nitrogens with one attached hydrogen (secondary N) is 2. The molecule has 3 N–H and O–H groups in total. The number of carbonyl (C=O) groups excluding carboxylic acids is 1. The Morgan fingerprint density at radius 1 is 1.50 bits per heavy atom. The SMILES string of the molecule is CNC(=O)c1ccc(CNCCCO)cn1. The van der Waals surface area contributed by atoms with Crippen LogP contribution >= 0.6 is 0 Å². The lowest BCUT2D eigenvalue weighted by Gasteiger charge is -2.04. The summed E-state index contributed by atoms with van der Waals surface area (Å²) in [5.41, 5.74) is 1.44. The van der Waals surface area contributed by atoms with E-state index in [1.807, 2.05) is 6.07 Å². The third-order valence-corrected chi connectivity index (χ3v) is 2.13. The van der Waals surface area contributed by atoms with Gasteiger partial charge in [0.1, 0.15) is 5.69 Å². The number of pyridine rings is 1. The maximum Gasteiger partial charge on any atom is 0.269 e. The maximum atomic E-state index is 11.2. The second kappa shape index (κ2) is 6.92. The molecule has 0 saturated heterocycles. The standard InChI is InChI=1S/C11H17N3O2/c1-12-11(16)10-4-3-9(8-14-10)7-13-5-2-6-15/h3-4,8,13,15H,2,5-7H2,1H3,(H,12,16). The van der Waals surface area contributed by atoms with E-state index < -0.39 is 0 Å². The number of amides is 1. The highest BCUT2D eigenvalue weighted by Crippen LogP contribution is 1.99. The molecule has 0 aliphatic rings. The van der Waals surface area contributed by atoms with Crippen molar-refractivity contribution in [2.45, 2.75) is 13.0 Å². The van der Waals surface area contributed by atoms with Gasteiger partial charge in [-0.05, 0) is 24.6 Å². The lowest BCUT2D eigenvalue weighted by molar-refractivity contribution is 0.0958. The zero-order chi connectivity index (χ0) is 11.8. The molecule has 0 radical (unpaired) electrons. The first-order valence-electron chi connectivity index (χ1n) is 5.26. The van der Waals surface area contributed by atoms with Crippen LogP contribution in [0, 0.1) is 0 Å². The summed E-state index contributed by atoms with van der Waals surface area (Å²) in [4.78, 5) is 15.3. The van der Waals surface area contributed by atoms with Gasteiger partial charge in [-0.25, -0.2) is 0 Å². The average molecular weight is 223 g/mol. The predicted octanol–water partition coefficient (Wildman–Crippen LogP) is -0.0868. The van der Waals surface area contributed by atoms with Crippen LogP contribution in [0.3, 0.4) is 0 Å². The van der Waals surface area contributed by atoms with Crippen molar-refractivity contribution in [3.8, 4) is 0 Å². The molecular formula is C11H17N3O2. The lowest BCUT2D eigenvalue weighted by atomic mass is 10.2. The van der Waals surface area contributed by atoms with E-state index in [2.05, 4.69) is 15.6 Å². The molecule has 0 atom stereocenters. The number of hydrogen-bond donors (Lipinski definition) is 3.